The molecule has 2 heterocycles. The lowest BCUT2D eigenvalue weighted by molar-refractivity contribution is 0.0994. The summed E-state index contributed by atoms with van der Waals surface area (Å²) >= 11 is 5.96. The van der Waals surface area contributed by atoms with E-state index in [1.165, 1.54) is 6.20 Å². The molecule has 0 atom stereocenters. The first kappa shape index (κ1) is 9.73. The van der Waals surface area contributed by atoms with Gasteiger partial charge in [0, 0.05) is 18.6 Å². The van der Waals surface area contributed by atoms with Crippen molar-refractivity contribution < 1.29 is 4.79 Å². The van der Waals surface area contributed by atoms with Gasteiger partial charge in [-0.1, -0.05) is 11.6 Å². The monoisotopic (exact) mass is 221 g/mol. The second-order valence-electron chi connectivity index (χ2n) is 2.95. The van der Waals surface area contributed by atoms with Crippen LogP contribution in [0, 0.1) is 0 Å². The number of hydrogen-bond acceptors (Lipinski definition) is 2. The second kappa shape index (κ2) is 3.74. The minimum Gasteiger partial charge on any atom is -0.364 e. The average molecular weight is 222 g/mol. The van der Waals surface area contributed by atoms with Gasteiger partial charge >= 0.3 is 0 Å². The number of rotatable bonds is 2. The maximum Gasteiger partial charge on any atom is 0.265 e. The van der Waals surface area contributed by atoms with Crippen molar-refractivity contribution in [1.82, 2.24) is 9.55 Å². The van der Waals surface area contributed by atoms with E-state index in [1.54, 1.807) is 35.2 Å². The third kappa shape index (κ3) is 1.71. The van der Waals surface area contributed by atoms with Crippen LogP contribution in [0.15, 0.2) is 36.8 Å². The van der Waals surface area contributed by atoms with Gasteiger partial charge in [-0.05, 0) is 18.2 Å². The molecule has 1 amide bonds. The zero-order chi connectivity index (χ0) is 10.8. The maximum atomic E-state index is 11.1. The Morgan fingerprint density at radius 3 is 2.93 bits per heavy atom. The molecule has 2 aromatic rings. The highest BCUT2D eigenvalue weighted by Crippen LogP contribution is 2.20. The number of carbonyl (C=O) groups excluding carboxylic acids is 1. The summed E-state index contributed by atoms with van der Waals surface area (Å²) < 4.78 is 1.63. The van der Waals surface area contributed by atoms with E-state index in [2.05, 4.69) is 4.98 Å². The van der Waals surface area contributed by atoms with Gasteiger partial charge in [-0.2, -0.15) is 0 Å². The van der Waals surface area contributed by atoms with Gasteiger partial charge in [0.2, 0.25) is 0 Å². The first-order chi connectivity index (χ1) is 7.20. The molecular weight excluding hydrogens is 214 g/mol. The third-order valence-corrected chi connectivity index (χ3v) is 2.30. The Bertz CT molecular complexity index is 507. The van der Waals surface area contributed by atoms with Gasteiger partial charge in [0.1, 0.15) is 5.69 Å². The van der Waals surface area contributed by atoms with E-state index in [0.29, 0.717) is 16.4 Å². The average Bonchev–Trinajstić information content (AvgIpc) is 2.67. The molecule has 0 radical (unpaired) electrons. The number of pyridine rings is 1. The Morgan fingerprint density at radius 2 is 2.27 bits per heavy atom. The Hall–Kier alpha value is -1.81. The fourth-order valence-electron chi connectivity index (χ4n) is 1.35. The summed E-state index contributed by atoms with van der Waals surface area (Å²) in [6.07, 6.45) is 4.84. The van der Waals surface area contributed by atoms with Gasteiger partial charge in [-0.25, -0.2) is 0 Å². The van der Waals surface area contributed by atoms with Gasteiger partial charge in [-0.3, -0.25) is 9.78 Å². The molecule has 0 aliphatic carbocycles. The Kier molecular flexibility index (Phi) is 2.43. The summed E-state index contributed by atoms with van der Waals surface area (Å²) in [4.78, 5) is 15.0. The molecule has 2 rings (SSSR count). The molecule has 15 heavy (non-hydrogen) atoms. The summed E-state index contributed by atoms with van der Waals surface area (Å²) in [5, 5.41) is 0.469. The molecule has 2 N–H and O–H groups in total. The van der Waals surface area contributed by atoms with Crippen LogP contribution in [-0.4, -0.2) is 15.5 Å². The summed E-state index contributed by atoms with van der Waals surface area (Å²) in [5.74, 6) is -0.493. The van der Waals surface area contributed by atoms with Crippen LogP contribution < -0.4 is 5.73 Å². The summed E-state index contributed by atoms with van der Waals surface area (Å²) in [6.45, 7) is 0. The van der Waals surface area contributed by atoms with Gasteiger partial charge in [0.05, 0.1) is 10.7 Å². The van der Waals surface area contributed by atoms with Crippen LogP contribution >= 0.6 is 11.6 Å². The van der Waals surface area contributed by atoms with Gasteiger partial charge in [-0.15, -0.1) is 0 Å². The van der Waals surface area contributed by atoms with Crippen molar-refractivity contribution >= 4 is 17.5 Å². The lowest BCUT2D eigenvalue weighted by Gasteiger charge is -2.07. The first-order valence-corrected chi connectivity index (χ1v) is 4.65. The second-order valence-corrected chi connectivity index (χ2v) is 3.36. The normalized spacial score (nSPS) is 10.2. The first-order valence-electron chi connectivity index (χ1n) is 4.27. The molecule has 4 nitrogen and oxygen atoms in total. The maximum absolute atomic E-state index is 11.1. The van der Waals surface area contributed by atoms with Crippen LogP contribution in [0.25, 0.3) is 5.69 Å². The van der Waals surface area contributed by atoms with E-state index in [1.807, 2.05) is 0 Å². The highest BCUT2D eigenvalue weighted by Gasteiger charge is 2.10. The van der Waals surface area contributed by atoms with Crippen molar-refractivity contribution in [2.75, 3.05) is 0 Å². The highest BCUT2D eigenvalue weighted by molar-refractivity contribution is 6.32. The van der Waals surface area contributed by atoms with Gasteiger partial charge in [0.15, 0.2) is 0 Å². The van der Waals surface area contributed by atoms with E-state index in [-0.39, 0.29) is 0 Å². The minimum absolute atomic E-state index is 0.392. The van der Waals surface area contributed by atoms with Crippen molar-refractivity contribution in [2.24, 2.45) is 5.73 Å². The summed E-state index contributed by atoms with van der Waals surface area (Å²) in [7, 11) is 0. The highest BCUT2D eigenvalue weighted by atomic mass is 35.5. The zero-order valence-corrected chi connectivity index (χ0v) is 8.48. The predicted octanol–water partition coefficient (Wildman–Crippen LogP) is 1.62. The molecule has 0 aromatic carbocycles. The Morgan fingerprint density at radius 1 is 1.47 bits per heavy atom. The number of primary amides is 1. The summed E-state index contributed by atoms with van der Waals surface area (Å²) in [5.41, 5.74) is 6.31. The van der Waals surface area contributed by atoms with E-state index in [9.17, 15) is 4.79 Å². The van der Waals surface area contributed by atoms with Gasteiger partial charge in [0.25, 0.3) is 5.91 Å². The number of amides is 1. The van der Waals surface area contributed by atoms with Crippen molar-refractivity contribution in [1.29, 1.82) is 0 Å². The van der Waals surface area contributed by atoms with Crippen LogP contribution in [0.1, 0.15) is 10.5 Å². The van der Waals surface area contributed by atoms with Crippen LogP contribution in [0.5, 0.6) is 0 Å². The molecule has 0 spiro atoms. The molecule has 76 valence electrons. The fourth-order valence-corrected chi connectivity index (χ4v) is 1.57. The molecule has 0 aliphatic heterocycles. The predicted molar refractivity (Wildman–Crippen MR) is 57.1 cm³/mol. The molecule has 5 heteroatoms. The van der Waals surface area contributed by atoms with Crippen molar-refractivity contribution in [2.45, 2.75) is 0 Å². The molecule has 0 fully saturated rings. The number of nitrogens with zero attached hydrogens (tertiary/aromatic N) is 2. The SMILES string of the molecule is NC(=O)c1cccn1-c1ccncc1Cl. The fraction of sp³-hybridized carbons (Fsp3) is 0. The number of carbonyl (C=O) groups is 1. The van der Waals surface area contributed by atoms with E-state index < -0.39 is 5.91 Å². The van der Waals surface area contributed by atoms with Crippen molar-refractivity contribution in [3.63, 3.8) is 0 Å². The quantitative estimate of drug-likeness (QED) is 0.838. The van der Waals surface area contributed by atoms with E-state index in [4.69, 9.17) is 17.3 Å². The number of halogens is 1. The lowest BCUT2D eigenvalue weighted by atomic mass is 10.3. The molecular formula is C10H8ClN3O. The molecule has 0 bridgehead atoms. The van der Waals surface area contributed by atoms with E-state index >= 15 is 0 Å². The van der Waals surface area contributed by atoms with Crippen molar-refractivity contribution in [3.8, 4) is 5.69 Å². The van der Waals surface area contributed by atoms with Crippen LogP contribution in [-0.2, 0) is 0 Å². The molecule has 0 saturated carbocycles. The minimum atomic E-state index is -0.493. The van der Waals surface area contributed by atoms with Crippen LogP contribution in [0.4, 0.5) is 0 Å². The van der Waals surface area contributed by atoms with Crippen molar-refractivity contribution in [3.05, 3.63) is 47.5 Å². The topological polar surface area (TPSA) is 60.9 Å². The largest absolute Gasteiger partial charge is 0.364 e. The molecule has 2 aromatic heterocycles. The lowest BCUT2D eigenvalue weighted by Crippen LogP contribution is -2.15. The smallest absolute Gasteiger partial charge is 0.265 e. The van der Waals surface area contributed by atoms with Crippen LogP contribution in [0.2, 0.25) is 5.02 Å². The Balaban J connectivity index is 2.59. The number of nitrogens with two attached hydrogens (primary N) is 1. The zero-order valence-electron chi connectivity index (χ0n) is 7.72. The standard InChI is InChI=1S/C10H8ClN3O/c11-7-6-13-4-3-8(7)14-5-1-2-9(14)10(12)15/h1-6H,(H2,12,15). The molecule has 0 unspecified atom stereocenters. The van der Waals surface area contributed by atoms with Gasteiger partial charge < -0.3 is 10.3 Å². The molecule has 0 saturated heterocycles. The third-order valence-electron chi connectivity index (χ3n) is 2.01. The molecule has 0 aliphatic rings. The number of hydrogen-bond donors (Lipinski definition) is 1. The Labute approximate surface area is 91.3 Å². The van der Waals surface area contributed by atoms with Crippen LogP contribution in [0.3, 0.4) is 0 Å². The summed E-state index contributed by atoms with van der Waals surface area (Å²) in [6, 6.07) is 5.09. The van der Waals surface area contributed by atoms with E-state index in [0.717, 1.165) is 0 Å². The number of aromatic nitrogens is 2.